The monoisotopic (exact) mass is 253 g/mol. The van der Waals surface area contributed by atoms with Crippen LogP contribution in [0.2, 0.25) is 5.02 Å². The Morgan fingerprint density at radius 1 is 1.59 bits per heavy atom. The molecule has 0 saturated carbocycles. The van der Waals surface area contributed by atoms with Gasteiger partial charge in [0.05, 0.1) is 17.3 Å². The van der Waals surface area contributed by atoms with Crippen LogP contribution >= 0.6 is 11.6 Å². The van der Waals surface area contributed by atoms with Crippen molar-refractivity contribution in [1.82, 2.24) is 0 Å². The molecule has 1 rings (SSSR count). The summed E-state index contributed by atoms with van der Waals surface area (Å²) in [5.74, 6) is -0.0177. The zero-order valence-corrected chi connectivity index (χ0v) is 10.6. The molecule has 0 radical (unpaired) electrons. The van der Waals surface area contributed by atoms with Gasteiger partial charge in [0.1, 0.15) is 0 Å². The second kappa shape index (κ2) is 6.42. The van der Waals surface area contributed by atoms with Crippen LogP contribution in [-0.4, -0.2) is 30.6 Å². The van der Waals surface area contributed by atoms with Gasteiger partial charge < -0.3 is 10.0 Å². The molecule has 0 aromatic heterocycles. The van der Waals surface area contributed by atoms with E-state index in [4.69, 9.17) is 16.7 Å². The minimum Gasteiger partial charge on any atom is -0.395 e. The lowest BCUT2D eigenvalue weighted by Gasteiger charge is -2.23. The molecule has 4 heteroatoms. The maximum Gasteiger partial charge on any atom is 0.159 e. The maximum atomic E-state index is 11.2. The third-order valence-corrected chi connectivity index (χ3v) is 2.72. The number of hydrogen-bond donors (Lipinski definition) is 1. The predicted octanol–water partition coefficient (Wildman–Crippen LogP) is 2.53. The first-order valence-electron chi connectivity index (χ1n) is 5.37. The molecular weight excluding hydrogens is 238 g/mol. The summed E-state index contributed by atoms with van der Waals surface area (Å²) in [4.78, 5) is 13.1. The van der Waals surface area contributed by atoms with Gasteiger partial charge in [-0.2, -0.15) is 0 Å². The van der Waals surface area contributed by atoms with Gasteiger partial charge in [-0.05, 0) is 25.1 Å². The Bertz CT molecular complexity index is 418. The molecule has 0 bridgehead atoms. The molecule has 0 spiro atoms. The molecule has 0 aliphatic heterocycles. The van der Waals surface area contributed by atoms with Crippen molar-refractivity contribution < 1.29 is 9.90 Å². The van der Waals surface area contributed by atoms with Crippen molar-refractivity contribution in [3.63, 3.8) is 0 Å². The number of rotatable bonds is 6. The van der Waals surface area contributed by atoms with Gasteiger partial charge in [-0.25, -0.2) is 0 Å². The van der Waals surface area contributed by atoms with Crippen molar-refractivity contribution in [3.8, 4) is 0 Å². The van der Waals surface area contributed by atoms with E-state index in [-0.39, 0.29) is 12.4 Å². The van der Waals surface area contributed by atoms with Crippen molar-refractivity contribution in [3.05, 3.63) is 41.4 Å². The topological polar surface area (TPSA) is 40.5 Å². The van der Waals surface area contributed by atoms with Crippen molar-refractivity contribution >= 4 is 23.1 Å². The molecule has 1 aromatic carbocycles. The van der Waals surface area contributed by atoms with Gasteiger partial charge in [-0.3, -0.25) is 4.79 Å². The number of nitrogens with zero attached hydrogens (tertiary/aromatic N) is 1. The Morgan fingerprint density at radius 2 is 2.29 bits per heavy atom. The highest BCUT2D eigenvalue weighted by Crippen LogP contribution is 2.27. The molecule has 0 heterocycles. The van der Waals surface area contributed by atoms with Gasteiger partial charge in [-0.15, -0.1) is 6.58 Å². The molecule has 0 fully saturated rings. The first kappa shape index (κ1) is 13.7. The van der Waals surface area contributed by atoms with E-state index in [9.17, 15) is 4.79 Å². The molecule has 0 saturated heterocycles. The van der Waals surface area contributed by atoms with E-state index < -0.39 is 0 Å². The van der Waals surface area contributed by atoms with Gasteiger partial charge in [0.25, 0.3) is 0 Å². The lowest BCUT2D eigenvalue weighted by molar-refractivity contribution is 0.101. The fraction of sp³-hybridized carbons (Fsp3) is 0.308. The summed E-state index contributed by atoms with van der Waals surface area (Å²) in [6.45, 7) is 6.28. The minimum atomic E-state index is -0.0177. The Labute approximate surface area is 106 Å². The van der Waals surface area contributed by atoms with Crippen LogP contribution in [0.3, 0.4) is 0 Å². The Balaban J connectivity index is 3.03. The summed E-state index contributed by atoms with van der Waals surface area (Å²) >= 11 is 6.13. The highest BCUT2D eigenvalue weighted by molar-refractivity contribution is 6.33. The smallest absolute Gasteiger partial charge is 0.159 e. The molecule has 0 aliphatic rings. The highest BCUT2D eigenvalue weighted by Gasteiger charge is 2.10. The van der Waals surface area contributed by atoms with Gasteiger partial charge in [0.15, 0.2) is 5.78 Å². The second-order valence-corrected chi connectivity index (χ2v) is 4.09. The normalized spacial score (nSPS) is 10.1. The van der Waals surface area contributed by atoms with Crippen LogP contribution in [-0.2, 0) is 0 Å². The fourth-order valence-corrected chi connectivity index (χ4v) is 1.87. The van der Waals surface area contributed by atoms with E-state index in [1.807, 2.05) is 4.90 Å². The summed E-state index contributed by atoms with van der Waals surface area (Å²) < 4.78 is 0. The molecule has 3 nitrogen and oxygen atoms in total. The zero-order valence-electron chi connectivity index (χ0n) is 9.82. The first-order valence-corrected chi connectivity index (χ1v) is 5.75. The zero-order chi connectivity index (χ0) is 12.8. The molecule has 0 amide bonds. The van der Waals surface area contributed by atoms with Crippen LogP contribution in [0, 0.1) is 0 Å². The summed E-state index contributed by atoms with van der Waals surface area (Å²) in [6, 6.07) is 5.17. The summed E-state index contributed by atoms with van der Waals surface area (Å²) in [5, 5.41) is 9.49. The van der Waals surface area contributed by atoms with Gasteiger partial charge in [0.2, 0.25) is 0 Å². The summed E-state index contributed by atoms with van der Waals surface area (Å²) in [5.41, 5.74) is 1.38. The lowest BCUT2D eigenvalue weighted by Crippen LogP contribution is -2.26. The van der Waals surface area contributed by atoms with Gasteiger partial charge >= 0.3 is 0 Å². The quantitative estimate of drug-likeness (QED) is 0.626. The molecule has 92 valence electrons. The van der Waals surface area contributed by atoms with Crippen LogP contribution < -0.4 is 4.90 Å². The number of benzene rings is 1. The SMILES string of the molecule is C=CCN(CCO)c1ccc(C(C)=O)cc1Cl. The fourth-order valence-electron chi connectivity index (χ4n) is 1.57. The Morgan fingerprint density at radius 3 is 2.76 bits per heavy atom. The van der Waals surface area contributed by atoms with E-state index in [0.29, 0.717) is 23.7 Å². The lowest BCUT2D eigenvalue weighted by atomic mass is 10.1. The minimum absolute atomic E-state index is 0.0177. The number of halogens is 1. The molecule has 0 unspecified atom stereocenters. The van der Waals surface area contributed by atoms with E-state index in [2.05, 4.69) is 6.58 Å². The number of aliphatic hydroxyl groups excluding tert-OH is 1. The van der Waals surface area contributed by atoms with Gasteiger partial charge in [0, 0.05) is 18.7 Å². The average molecular weight is 254 g/mol. The van der Waals surface area contributed by atoms with E-state index in [0.717, 1.165) is 5.69 Å². The molecule has 17 heavy (non-hydrogen) atoms. The largest absolute Gasteiger partial charge is 0.395 e. The Hall–Kier alpha value is -1.32. The van der Waals surface area contributed by atoms with Crippen LogP contribution in [0.1, 0.15) is 17.3 Å². The van der Waals surface area contributed by atoms with Crippen LogP contribution in [0.15, 0.2) is 30.9 Å². The molecule has 1 aromatic rings. The van der Waals surface area contributed by atoms with Gasteiger partial charge in [-0.1, -0.05) is 17.7 Å². The van der Waals surface area contributed by atoms with Crippen molar-refractivity contribution in [1.29, 1.82) is 0 Å². The molecule has 0 aliphatic carbocycles. The summed E-state index contributed by atoms with van der Waals surface area (Å²) in [6.07, 6.45) is 1.74. The van der Waals surface area contributed by atoms with E-state index in [1.165, 1.54) is 6.92 Å². The van der Waals surface area contributed by atoms with E-state index in [1.54, 1.807) is 24.3 Å². The second-order valence-electron chi connectivity index (χ2n) is 3.68. The van der Waals surface area contributed by atoms with Crippen molar-refractivity contribution in [2.45, 2.75) is 6.92 Å². The number of Topliss-reactive ketones (excluding diaryl/α,β-unsaturated/α-hetero) is 1. The number of ketones is 1. The first-order chi connectivity index (χ1) is 8.10. The molecular formula is C13H16ClNO2. The number of hydrogen-bond acceptors (Lipinski definition) is 3. The number of aliphatic hydroxyl groups is 1. The van der Waals surface area contributed by atoms with Crippen LogP contribution in [0.5, 0.6) is 0 Å². The summed E-state index contributed by atoms with van der Waals surface area (Å²) in [7, 11) is 0. The number of carbonyl (C=O) groups excluding carboxylic acids is 1. The molecule has 1 N–H and O–H groups in total. The highest BCUT2D eigenvalue weighted by atomic mass is 35.5. The molecule has 0 atom stereocenters. The van der Waals surface area contributed by atoms with Crippen molar-refractivity contribution in [2.24, 2.45) is 0 Å². The Kier molecular flexibility index (Phi) is 5.19. The van der Waals surface area contributed by atoms with Crippen LogP contribution in [0.4, 0.5) is 5.69 Å². The van der Waals surface area contributed by atoms with E-state index >= 15 is 0 Å². The van der Waals surface area contributed by atoms with Crippen LogP contribution in [0.25, 0.3) is 0 Å². The third-order valence-electron chi connectivity index (χ3n) is 2.41. The predicted molar refractivity (Wildman–Crippen MR) is 71.0 cm³/mol. The standard InChI is InChI=1S/C13H16ClNO2/c1-3-6-15(7-8-16)13-5-4-11(10(2)17)9-12(13)14/h3-5,9,16H,1,6-8H2,2H3. The van der Waals surface area contributed by atoms with Crippen molar-refractivity contribution in [2.75, 3.05) is 24.6 Å². The maximum absolute atomic E-state index is 11.2. The number of carbonyl (C=O) groups is 1. The average Bonchev–Trinajstić information content (AvgIpc) is 2.28. The third kappa shape index (κ3) is 3.58. The number of anilines is 1.